The number of aliphatic hydroxyl groups is 1. The van der Waals surface area contributed by atoms with Crippen LogP contribution in [-0.4, -0.2) is 41.7 Å². The molecule has 0 saturated carbocycles. The molecule has 0 aliphatic carbocycles. The van der Waals surface area contributed by atoms with E-state index in [9.17, 15) is 9.90 Å². The molecule has 1 saturated heterocycles. The van der Waals surface area contributed by atoms with Crippen LogP contribution in [0.2, 0.25) is 0 Å². The molecule has 18 heavy (non-hydrogen) atoms. The maximum absolute atomic E-state index is 12.2. The number of likely N-dealkylation sites (tertiary alicyclic amines) is 1. The first-order valence-corrected chi connectivity index (χ1v) is 5.97. The lowest BCUT2D eigenvalue weighted by atomic mass is 10.1. The van der Waals surface area contributed by atoms with Gasteiger partial charge in [-0.1, -0.05) is 17.9 Å². The number of benzene rings is 1. The van der Waals surface area contributed by atoms with Crippen molar-refractivity contribution < 1.29 is 9.90 Å². The second kappa shape index (κ2) is 5.67. The van der Waals surface area contributed by atoms with Gasteiger partial charge in [0.15, 0.2) is 0 Å². The average molecular weight is 244 g/mol. The normalized spacial score (nSPS) is 18.3. The Bertz CT molecular complexity index is 502. The lowest BCUT2D eigenvalue weighted by Gasteiger charge is -2.15. The summed E-state index contributed by atoms with van der Waals surface area (Å²) in [5.41, 5.74) is 6.70. The first kappa shape index (κ1) is 12.6. The summed E-state index contributed by atoms with van der Waals surface area (Å²) in [7, 11) is 0. The molecule has 1 aliphatic rings. The van der Waals surface area contributed by atoms with Crippen LogP contribution in [-0.2, 0) is 0 Å². The van der Waals surface area contributed by atoms with E-state index in [0.29, 0.717) is 31.6 Å². The van der Waals surface area contributed by atoms with Gasteiger partial charge in [-0.3, -0.25) is 4.79 Å². The molecule has 1 atom stereocenters. The van der Waals surface area contributed by atoms with E-state index >= 15 is 0 Å². The third kappa shape index (κ3) is 2.89. The fourth-order valence-corrected chi connectivity index (χ4v) is 1.99. The number of aliphatic hydroxyl groups excluding tert-OH is 1. The van der Waals surface area contributed by atoms with Crippen LogP contribution in [0.25, 0.3) is 0 Å². The first-order valence-electron chi connectivity index (χ1n) is 5.97. The minimum Gasteiger partial charge on any atom is -0.391 e. The molecule has 1 aromatic carbocycles. The van der Waals surface area contributed by atoms with Crippen molar-refractivity contribution in [3.63, 3.8) is 0 Å². The van der Waals surface area contributed by atoms with Crippen molar-refractivity contribution in [1.29, 1.82) is 0 Å². The fraction of sp³-hybridized carbons (Fsp3) is 0.357. The Kier molecular flexibility index (Phi) is 3.98. The van der Waals surface area contributed by atoms with E-state index in [0.717, 1.165) is 5.56 Å². The van der Waals surface area contributed by atoms with E-state index in [-0.39, 0.29) is 5.91 Å². The smallest absolute Gasteiger partial charge is 0.253 e. The summed E-state index contributed by atoms with van der Waals surface area (Å²) in [6.45, 7) is 1.33. The van der Waals surface area contributed by atoms with Crippen LogP contribution in [0.4, 0.5) is 0 Å². The molecule has 1 aromatic rings. The Morgan fingerprint density at radius 2 is 2.39 bits per heavy atom. The van der Waals surface area contributed by atoms with Gasteiger partial charge in [0.25, 0.3) is 5.91 Å². The van der Waals surface area contributed by atoms with Gasteiger partial charge >= 0.3 is 0 Å². The highest BCUT2D eigenvalue weighted by Gasteiger charge is 2.25. The highest BCUT2D eigenvalue weighted by atomic mass is 16.3. The maximum Gasteiger partial charge on any atom is 0.253 e. The Morgan fingerprint density at radius 1 is 1.56 bits per heavy atom. The molecule has 1 heterocycles. The standard InChI is InChI=1S/C14H16N2O2/c15-7-2-4-11-3-1-5-12(9-11)14(18)16-8-6-13(17)10-16/h1,3,5,9,13,17H,6-8,10,15H2. The van der Waals surface area contributed by atoms with Crippen molar-refractivity contribution in [2.24, 2.45) is 5.73 Å². The number of nitrogens with zero attached hydrogens (tertiary/aromatic N) is 1. The predicted molar refractivity (Wildman–Crippen MR) is 68.9 cm³/mol. The van der Waals surface area contributed by atoms with Gasteiger partial charge in [-0.25, -0.2) is 0 Å². The second-order valence-corrected chi connectivity index (χ2v) is 4.28. The monoisotopic (exact) mass is 244 g/mol. The van der Waals surface area contributed by atoms with Gasteiger partial charge in [0.05, 0.1) is 12.6 Å². The van der Waals surface area contributed by atoms with Crippen molar-refractivity contribution in [2.75, 3.05) is 19.6 Å². The van der Waals surface area contributed by atoms with Gasteiger partial charge in [0.1, 0.15) is 0 Å². The van der Waals surface area contributed by atoms with E-state index in [1.165, 1.54) is 0 Å². The molecular formula is C14H16N2O2. The first-order chi connectivity index (χ1) is 8.70. The van der Waals surface area contributed by atoms with Crippen LogP contribution in [0.5, 0.6) is 0 Å². The van der Waals surface area contributed by atoms with E-state index in [1.54, 1.807) is 23.1 Å². The minimum atomic E-state index is -0.394. The zero-order chi connectivity index (χ0) is 13.0. The van der Waals surface area contributed by atoms with Gasteiger partial charge in [-0.2, -0.15) is 0 Å². The van der Waals surface area contributed by atoms with E-state index in [4.69, 9.17) is 5.73 Å². The molecule has 4 heteroatoms. The molecule has 4 nitrogen and oxygen atoms in total. The van der Waals surface area contributed by atoms with E-state index in [2.05, 4.69) is 11.8 Å². The minimum absolute atomic E-state index is 0.0528. The highest BCUT2D eigenvalue weighted by molar-refractivity contribution is 5.94. The SMILES string of the molecule is NCC#Cc1cccc(C(=O)N2CCC(O)C2)c1. The number of β-amino-alcohol motifs (C(OH)–C–C–N with tert-alkyl or cyclic N) is 1. The van der Waals surface area contributed by atoms with Gasteiger partial charge in [0.2, 0.25) is 0 Å². The maximum atomic E-state index is 12.2. The summed E-state index contributed by atoms with van der Waals surface area (Å²) in [4.78, 5) is 13.8. The number of rotatable bonds is 1. The van der Waals surface area contributed by atoms with Gasteiger partial charge < -0.3 is 15.7 Å². The van der Waals surface area contributed by atoms with Gasteiger partial charge in [-0.05, 0) is 24.6 Å². The van der Waals surface area contributed by atoms with Crippen LogP contribution >= 0.6 is 0 Å². The number of nitrogens with two attached hydrogens (primary N) is 1. The Balaban J connectivity index is 2.15. The molecule has 0 aromatic heterocycles. The van der Waals surface area contributed by atoms with Crippen molar-refractivity contribution in [3.8, 4) is 11.8 Å². The lowest BCUT2D eigenvalue weighted by molar-refractivity contribution is 0.0765. The quantitative estimate of drug-likeness (QED) is 0.694. The Labute approximate surface area is 106 Å². The molecule has 3 N–H and O–H groups in total. The van der Waals surface area contributed by atoms with Crippen LogP contribution in [0.1, 0.15) is 22.3 Å². The second-order valence-electron chi connectivity index (χ2n) is 4.28. The predicted octanol–water partition coefficient (Wildman–Crippen LogP) is 0.204. The molecule has 1 amide bonds. The zero-order valence-electron chi connectivity index (χ0n) is 10.1. The summed E-state index contributed by atoms with van der Waals surface area (Å²) in [6, 6.07) is 7.18. The van der Waals surface area contributed by atoms with Crippen molar-refractivity contribution >= 4 is 5.91 Å². The molecule has 0 radical (unpaired) electrons. The molecule has 1 unspecified atom stereocenters. The number of amides is 1. The fourth-order valence-electron chi connectivity index (χ4n) is 1.99. The van der Waals surface area contributed by atoms with Crippen LogP contribution < -0.4 is 5.73 Å². The van der Waals surface area contributed by atoms with Crippen LogP contribution in [0.15, 0.2) is 24.3 Å². The summed E-state index contributed by atoms with van der Waals surface area (Å²) in [5.74, 6) is 5.61. The molecule has 0 bridgehead atoms. The summed E-state index contributed by atoms with van der Waals surface area (Å²) in [6.07, 6.45) is 0.257. The highest BCUT2D eigenvalue weighted by Crippen LogP contribution is 2.14. The topological polar surface area (TPSA) is 66.6 Å². The molecule has 2 rings (SSSR count). The summed E-state index contributed by atoms with van der Waals surface area (Å²) < 4.78 is 0. The van der Waals surface area contributed by atoms with E-state index < -0.39 is 6.10 Å². The number of hydrogen-bond donors (Lipinski definition) is 2. The van der Waals surface area contributed by atoms with Crippen LogP contribution in [0.3, 0.4) is 0 Å². The third-order valence-electron chi connectivity index (χ3n) is 2.89. The molecule has 1 aliphatic heterocycles. The lowest BCUT2D eigenvalue weighted by Crippen LogP contribution is -2.29. The molecule has 0 spiro atoms. The molecular weight excluding hydrogens is 228 g/mol. The summed E-state index contributed by atoms with van der Waals surface area (Å²) in [5, 5.41) is 9.44. The van der Waals surface area contributed by atoms with Gasteiger partial charge in [0, 0.05) is 24.2 Å². The van der Waals surface area contributed by atoms with Crippen LogP contribution in [0, 0.1) is 11.8 Å². The van der Waals surface area contributed by atoms with Crippen molar-refractivity contribution in [3.05, 3.63) is 35.4 Å². The Hall–Kier alpha value is -1.83. The molecule has 1 fully saturated rings. The van der Waals surface area contributed by atoms with Crippen molar-refractivity contribution in [1.82, 2.24) is 4.90 Å². The zero-order valence-corrected chi connectivity index (χ0v) is 10.1. The average Bonchev–Trinajstić information content (AvgIpc) is 2.82. The molecule has 94 valence electrons. The van der Waals surface area contributed by atoms with Crippen molar-refractivity contribution in [2.45, 2.75) is 12.5 Å². The Morgan fingerprint density at radius 3 is 3.06 bits per heavy atom. The van der Waals surface area contributed by atoms with E-state index in [1.807, 2.05) is 6.07 Å². The van der Waals surface area contributed by atoms with Gasteiger partial charge in [-0.15, -0.1) is 0 Å². The number of hydrogen-bond acceptors (Lipinski definition) is 3. The number of carbonyl (C=O) groups excluding carboxylic acids is 1. The summed E-state index contributed by atoms with van der Waals surface area (Å²) >= 11 is 0. The number of carbonyl (C=O) groups is 1. The third-order valence-corrected chi connectivity index (χ3v) is 2.89. The largest absolute Gasteiger partial charge is 0.391 e.